The number of nitrogens with one attached hydrogen (secondary N) is 2. The van der Waals surface area contributed by atoms with Crippen LogP contribution in [0.1, 0.15) is 37.8 Å². The summed E-state index contributed by atoms with van der Waals surface area (Å²) in [7, 11) is 0. The number of aromatic nitrogens is 1. The fraction of sp³-hybridized carbons (Fsp3) is 0.333. The first kappa shape index (κ1) is 16.0. The second-order valence-corrected chi connectivity index (χ2v) is 5.89. The molecule has 0 bridgehead atoms. The number of anilines is 1. The Morgan fingerprint density at radius 1 is 1.09 bits per heavy atom. The van der Waals surface area contributed by atoms with Crippen LogP contribution in [-0.4, -0.2) is 10.9 Å². The Labute approximate surface area is 131 Å². The van der Waals surface area contributed by atoms with E-state index in [9.17, 15) is 4.79 Å². The maximum atomic E-state index is 12.2. The molecule has 1 aromatic heterocycles. The molecule has 4 nitrogen and oxygen atoms in total. The van der Waals surface area contributed by atoms with Crippen molar-refractivity contribution in [3.8, 4) is 0 Å². The van der Waals surface area contributed by atoms with Gasteiger partial charge in [0.2, 0.25) is 5.91 Å². The first-order valence-electron chi connectivity index (χ1n) is 7.62. The third-order valence-corrected chi connectivity index (χ3v) is 3.50. The molecule has 2 rings (SSSR count). The van der Waals surface area contributed by atoms with Crippen molar-refractivity contribution in [2.75, 3.05) is 5.43 Å². The highest BCUT2D eigenvalue weighted by Gasteiger charge is 2.15. The molecule has 0 aliphatic rings. The summed E-state index contributed by atoms with van der Waals surface area (Å²) in [5, 5.41) is 0. The Balaban J connectivity index is 1.92. The molecule has 0 radical (unpaired) electrons. The van der Waals surface area contributed by atoms with Crippen molar-refractivity contribution < 1.29 is 4.79 Å². The van der Waals surface area contributed by atoms with Gasteiger partial charge in [-0.1, -0.05) is 44.2 Å². The molecule has 0 aliphatic heterocycles. The molecule has 2 N–H and O–H groups in total. The number of hydrazine groups is 1. The predicted molar refractivity (Wildman–Crippen MR) is 89.4 cm³/mol. The average Bonchev–Trinajstić information content (AvgIpc) is 2.53. The molecular weight excluding hydrogens is 274 g/mol. The van der Waals surface area contributed by atoms with E-state index in [-0.39, 0.29) is 11.8 Å². The molecule has 0 aliphatic carbocycles. The van der Waals surface area contributed by atoms with E-state index < -0.39 is 0 Å². The normalized spacial score (nSPS) is 12.0. The minimum atomic E-state index is -0.218. The third-order valence-electron chi connectivity index (χ3n) is 3.50. The fourth-order valence-corrected chi connectivity index (χ4v) is 2.24. The molecule has 116 valence electrons. The Morgan fingerprint density at radius 2 is 1.82 bits per heavy atom. The van der Waals surface area contributed by atoms with Gasteiger partial charge in [-0.25, -0.2) is 4.98 Å². The summed E-state index contributed by atoms with van der Waals surface area (Å²) in [4.78, 5) is 16.3. The topological polar surface area (TPSA) is 54.0 Å². The molecule has 1 heterocycles. The number of pyridine rings is 1. The maximum Gasteiger partial charge on any atom is 0.245 e. The van der Waals surface area contributed by atoms with E-state index in [4.69, 9.17) is 0 Å². The SMILES string of the molecule is CC(C)Cc1ccc([C@H](C)C(=O)NNc2ccccn2)cc1. The molecule has 0 saturated heterocycles. The zero-order chi connectivity index (χ0) is 15.9. The van der Waals surface area contributed by atoms with E-state index in [0.29, 0.717) is 11.7 Å². The summed E-state index contributed by atoms with van der Waals surface area (Å²) in [6.45, 7) is 6.30. The molecule has 1 amide bonds. The summed E-state index contributed by atoms with van der Waals surface area (Å²) in [6, 6.07) is 13.8. The van der Waals surface area contributed by atoms with Crippen molar-refractivity contribution in [2.45, 2.75) is 33.1 Å². The predicted octanol–water partition coefficient (Wildman–Crippen LogP) is 3.53. The highest BCUT2D eigenvalue weighted by atomic mass is 16.2. The van der Waals surface area contributed by atoms with Gasteiger partial charge in [-0.3, -0.25) is 15.6 Å². The highest BCUT2D eigenvalue weighted by molar-refractivity contribution is 5.84. The van der Waals surface area contributed by atoms with E-state index in [1.165, 1.54) is 5.56 Å². The van der Waals surface area contributed by atoms with Crippen LogP contribution in [0.2, 0.25) is 0 Å². The summed E-state index contributed by atoms with van der Waals surface area (Å²) in [6.07, 6.45) is 2.73. The quantitative estimate of drug-likeness (QED) is 0.802. The molecule has 0 spiro atoms. The van der Waals surface area contributed by atoms with Crippen molar-refractivity contribution in [3.05, 3.63) is 59.8 Å². The van der Waals surface area contributed by atoms with Gasteiger partial charge in [0.15, 0.2) is 0 Å². The van der Waals surface area contributed by atoms with Gasteiger partial charge >= 0.3 is 0 Å². The minimum absolute atomic E-state index is 0.0812. The summed E-state index contributed by atoms with van der Waals surface area (Å²) >= 11 is 0. The zero-order valence-electron chi connectivity index (χ0n) is 13.3. The van der Waals surface area contributed by atoms with Gasteiger partial charge < -0.3 is 0 Å². The van der Waals surface area contributed by atoms with Crippen LogP contribution in [0.3, 0.4) is 0 Å². The third kappa shape index (κ3) is 4.58. The maximum absolute atomic E-state index is 12.2. The van der Waals surface area contributed by atoms with Gasteiger partial charge in [0.1, 0.15) is 5.82 Å². The monoisotopic (exact) mass is 297 g/mol. The van der Waals surface area contributed by atoms with Crippen LogP contribution >= 0.6 is 0 Å². The Kier molecular flexibility index (Phi) is 5.53. The van der Waals surface area contributed by atoms with Crippen LogP contribution in [0.25, 0.3) is 0 Å². The number of hydrogen-bond acceptors (Lipinski definition) is 3. The molecule has 1 atom stereocenters. The molecular formula is C18H23N3O. The smallest absolute Gasteiger partial charge is 0.245 e. The van der Waals surface area contributed by atoms with Crippen molar-refractivity contribution >= 4 is 11.7 Å². The van der Waals surface area contributed by atoms with Crippen LogP contribution in [-0.2, 0) is 11.2 Å². The van der Waals surface area contributed by atoms with Crippen LogP contribution in [0.15, 0.2) is 48.7 Å². The van der Waals surface area contributed by atoms with Crippen molar-refractivity contribution in [2.24, 2.45) is 5.92 Å². The second-order valence-electron chi connectivity index (χ2n) is 5.89. The van der Waals surface area contributed by atoms with Crippen LogP contribution < -0.4 is 10.9 Å². The average molecular weight is 297 g/mol. The zero-order valence-corrected chi connectivity index (χ0v) is 13.3. The lowest BCUT2D eigenvalue weighted by atomic mass is 9.96. The van der Waals surface area contributed by atoms with E-state index in [0.717, 1.165) is 12.0 Å². The van der Waals surface area contributed by atoms with Crippen molar-refractivity contribution in [1.29, 1.82) is 0 Å². The summed E-state index contributed by atoms with van der Waals surface area (Å²) in [5.41, 5.74) is 7.83. The minimum Gasteiger partial charge on any atom is -0.282 e. The van der Waals surface area contributed by atoms with E-state index >= 15 is 0 Å². The van der Waals surface area contributed by atoms with Crippen LogP contribution in [0.5, 0.6) is 0 Å². The van der Waals surface area contributed by atoms with E-state index in [2.05, 4.69) is 41.8 Å². The molecule has 1 aromatic carbocycles. The molecule has 22 heavy (non-hydrogen) atoms. The van der Waals surface area contributed by atoms with E-state index in [1.807, 2.05) is 31.2 Å². The van der Waals surface area contributed by atoms with Crippen molar-refractivity contribution in [1.82, 2.24) is 10.4 Å². The number of carbonyl (C=O) groups is 1. The van der Waals surface area contributed by atoms with Crippen LogP contribution in [0.4, 0.5) is 5.82 Å². The lowest BCUT2D eigenvalue weighted by molar-refractivity contribution is -0.121. The van der Waals surface area contributed by atoms with Gasteiger partial charge in [0, 0.05) is 6.20 Å². The lowest BCUT2D eigenvalue weighted by Crippen LogP contribution is -2.33. The van der Waals surface area contributed by atoms with Gasteiger partial charge in [-0.15, -0.1) is 0 Å². The number of carbonyl (C=O) groups excluding carboxylic acids is 1. The first-order chi connectivity index (χ1) is 10.6. The molecule has 4 heteroatoms. The Hall–Kier alpha value is -2.36. The second kappa shape index (κ2) is 7.59. The number of nitrogens with zero attached hydrogens (tertiary/aromatic N) is 1. The molecule has 0 fully saturated rings. The van der Waals surface area contributed by atoms with Gasteiger partial charge in [-0.05, 0) is 42.5 Å². The highest BCUT2D eigenvalue weighted by Crippen LogP contribution is 2.17. The molecule has 0 saturated carbocycles. The number of rotatable bonds is 6. The molecule has 0 unspecified atom stereocenters. The Morgan fingerprint density at radius 3 is 2.41 bits per heavy atom. The van der Waals surface area contributed by atoms with Crippen LogP contribution in [0, 0.1) is 5.92 Å². The number of benzene rings is 1. The first-order valence-corrected chi connectivity index (χ1v) is 7.62. The number of hydrogen-bond donors (Lipinski definition) is 2. The van der Waals surface area contributed by atoms with Gasteiger partial charge in [0.25, 0.3) is 0 Å². The standard InChI is InChI=1S/C18H23N3O/c1-13(2)12-15-7-9-16(10-8-15)14(3)18(22)21-20-17-6-4-5-11-19-17/h4-11,13-14H,12H2,1-3H3,(H,19,20)(H,21,22)/t14-/m0/s1. The Bertz CT molecular complexity index is 593. The van der Waals surface area contributed by atoms with E-state index in [1.54, 1.807) is 12.3 Å². The van der Waals surface area contributed by atoms with Gasteiger partial charge in [0.05, 0.1) is 5.92 Å². The number of amides is 1. The molecule has 2 aromatic rings. The van der Waals surface area contributed by atoms with Crippen molar-refractivity contribution in [3.63, 3.8) is 0 Å². The summed E-state index contributed by atoms with van der Waals surface area (Å²) in [5.74, 6) is 0.955. The largest absolute Gasteiger partial charge is 0.282 e. The van der Waals surface area contributed by atoms with Gasteiger partial charge in [-0.2, -0.15) is 0 Å². The lowest BCUT2D eigenvalue weighted by Gasteiger charge is -2.14. The fourth-order valence-electron chi connectivity index (χ4n) is 2.24. The summed E-state index contributed by atoms with van der Waals surface area (Å²) < 4.78 is 0.